The fourth-order valence-corrected chi connectivity index (χ4v) is 3.07. The predicted molar refractivity (Wildman–Crippen MR) is 100 cm³/mol. The lowest BCUT2D eigenvalue weighted by Gasteiger charge is -2.12. The Kier molecular flexibility index (Phi) is 4.56. The highest BCUT2D eigenvalue weighted by molar-refractivity contribution is 5.80. The quantitative estimate of drug-likeness (QED) is 0.566. The summed E-state index contributed by atoms with van der Waals surface area (Å²) in [6.07, 6.45) is 2.21. The van der Waals surface area contributed by atoms with Crippen molar-refractivity contribution in [2.45, 2.75) is 26.4 Å². The molecule has 0 saturated heterocycles. The molecule has 0 unspecified atom stereocenters. The van der Waals surface area contributed by atoms with E-state index in [2.05, 4.69) is 20.5 Å². The second kappa shape index (κ2) is 7.18. The van der Waals surface area contributed by atoms with Gasteiger partial charge in [-0.15, -0.1) is 10.2 Å². The summed E-state index contributed by atoms with van der Waals surface area (Å²) in [5.41, 5.74) is 1.52. The second-order valence-corrected chi connectivity index (χ2v) is 6.27. The number of carbonyl (C=O) groups is 1. The van der Waals surface area contributed by atoms with E-state index in [-0.39, 0.29) is 30.5 Å². The van der Waals surface area contributed by atoms with Crippen molar-refractivity contribution in [2.75, 3.05) is 0 Å². The van der Waals surface area contributed by atoms with Gasteiger partial charge in [-0.1, -0.05) is 19.1 Å². The summed E-state index contributed by atoms with van der Waals surface area (Å²) in [5.74, 6) is -0.0615. The summed E-state index contributed by atoms with van der Waals surface area (Å²) >= 11 is 0. The molecular weight excluding hydrogens is 363 g/mol. The molecule has 0 bridgehead atoms. The number of benzene rings is 1. The zero-order valence-corrected chi connectivity index (χ0v) is 15.1. The molecule has 0 aliphatic carbocycles. The van der Waals surface area contributed by atoms with E-state index in [1.54, 1.807) is 34.9 Å². The van der Waals surface area contributed by atoms with E-state index in [0.717, 1.165) is 5.56 Å². The monoisotopic (exact) mass is 380 g/mol. The van der Waals surface area contributed by atoms with Crippen LogP contribution in [-0.4, -0.2) is 30.1 Å². The smallest absolute Gasteiger partial charge is 0.297 e. The number of nitrogens with zero attached hydrogens (tertiary/aromatic N) is 5. The molecule has 4 rings (SSSR count). The first-order chi connectivity index (χ1) is 13.6. The normalized spacial score (nSPS) is 11.2. The Labute approximate surface area is 158 Å². The molecule has 0 aliphatic heterocycles. The van der Waals surface area contributed by atoms with E-state index in [9.17, 15) is 14.0 Å². The Bertz CT molecular complexity index is 1230. The van der Waals surface area contributed by atoms with Crippen LogP contribution in [0.2, 0.25) is 0 Å². The molecule has 0 saturated carbocycles. The summed E-state index contributed by atoms with van der Waals surface area (Å²) in [6.45, 7) is 1.96. The zero-order valence-electron chi connectivity index (χ0n) is 15.1. The molecule has 0 atom stereocenters. The van der Waals surface area contributed by atoms with Crippen molar-refractivity contribution >= 4 is 22.7 Å². The number of nitrogens with one attached hydrogen (secondary N) is 1. The molecule has 3 aromatic heterocycles. The van der Waals surface area contributed by atoms with Crippen LogP contribution in [0.4, 0.5) is 4.39 Å². The fourth-order valence-electron chi connectivity index (χ4n) is 3.07. The molecule has 28 heavy (non-hydrogen) atoms. The first-order valence-corrected chi connectivity index (χ1v) is 8.81. The number of aromatic nitrogens is 5. The summed E-state index contributed by atoms with van der Waals surface area (Å²) < 4.78 is 15.9. The number of rotatable bonds is 5. The highest BCUT2D eigenvalue weighted by atomic mass is 19.1. The van der Waals surface area contributed by atoms with E-state index in [1.807, 2.05) is 6.92 Å². The number of halogens is 1. The van der Waals surface area contributed by atoms with Crippen molar-refractivity contribution in [3.05, 3.63) is 70.2 Å². The van der Waals surface area contributed by atoms with Gasteiger partial charge in [0, 0.05) is 19.2 Å². The van der Waals surface area contributed by atoms with Gasteiger partial charge in [-0.2, -0.15) is 0 Å². The third kappa shape index (κ3) is 3.11. The van der Waals surface area contributed by atoms with Crippen LogP contribution >= 0.6 is 0 Å². The molecule has 4 aromatic rings. The van der Waals surface area contributed by atoms with E-state index >= 15 is 0 Å². The minimum absolute atomic E-state index is 0.134. The molecule has 9 heteroatoms. The maximum Gasteiger partial charge on any atom is 0.297 e. The highest BCUT2D eigenvalue weighted by Gasteiger charge is 2.18. The average Bonchev–Trinajstić information content (AvgIpc) is 3.15. The molecule has 1 aromatic carbocycles. The maximum absolute atomic E-state index is 13.0. The van der Waals surface area contributed by atoms with Crippen LogP contribution in [0.25, 0.3) is 16.8 Å². The van der Waals surface area contributed by atoms with Gasteiger partial charge in [-0.25, -0.2) is 9.37 Å². The van der Waals surface area contributed by atoms with Gasteiger partial charge in [0.25, 0.3) is 5.56 Å². The first kappa shape index (κ1) is 17.8. The number of aryl methyl sites for hydroxylation is 1. The number of amides is 1. The molecule has 142 valence electrons. The summed E-state index contributed by atoms with van der Waals surface area (Å²) in [7, 11) is 0. The number of carbonyl (C=O) groups excluding carboxylic acids is 1. The molecule has 1 amide bonds. The minimum Gasteiger partial charge on any atom is -0.350 e. The molecule has 3 heterocycles. The van der Waals surface area contributed by atoms with Gasteiger partial charge in [0.2, 0.25) is 11.6 Å². The third-order valence-corrected chi connectivity index (χ3v) is 4.46. The van der Waals surface area contributed by atoms with Crippen LogP contribution in [0.5, 0.6) is 0 Å². The Morgan fingerprint density at radius 1 is 1.14 bits per heavy atom. The molecule has 0 fully saturated rings. The summed E-state index contributed by atoms with van der Waals surface area (Å²) in [4.78, 5) is 29.7. The van der Waals surface area contributed by atoms with Crippen molar-refractivity contribution in [3.63, 3.8) is 0 Å². The summed E-state index contributed by atoms with van der Waals surface area (Å²) in [6, 6.07) is 9.28. The maximum atomic E-state index is 13.0. The van der Waals surface area contributed by atoms with Gasteiger partial charge in [-0.3, -0.25) is 18.6 Å². The van der Waals surface area contributed by atoms with Crippen LogP contribution in [0, 0.1) is 5.82 Å². The van der Waals surface area contributed by atoms with Crippen LogP contribution in [0.3, 0.4) is 0 Å². The highest BCUT2D eigenvalue weighted by Crippen LogP contribution is 2.13. The van der Waals surface area contributed by atoms with Gasteiger partial charge >= 0.3 is 0 Å². The topological polar surface area (TPSA) is 94.2 Å². The molecule has 0 spiro atoms. The molecule has 1 N–H and O–H groups in total. The number of fused-ring (bicyclic) bond motifs is 3. The van der Waals surface area contributed by atoms with Crippen molar-refractivity contribution in [2.24, 2.45) is 0 Å². The van der Waals surface area contributed by atoms with E-state index in [0.29, 0.717) is 23.4 Å². The largest absolute Gasteiger partial charge is 0.350 e. The van der Waals surface area contributed by atoms with Gasteiger partial charge in [0.1, 0.15) is 18.2 Å². The van der Waals surface area contributed by atoms with E-state index in [1.165, 1.54) is 16.7 Å². The van der Waals surface area contributed by atoms with E-state index < -0.39 is 5.56 Å². The van der Waals surface area contributed by atoms with Crippen LogP contribution in [0.15, 0.2) is 47.4 Å². The van der Waals surface area contributed by atoms with Crippen LogP contribution in [-0.2, 0) is 24.3 Å². The lowest BCUT2D eigenvalue weighted by molar-refractivity contribution is -0.121. The SMILES string of the molecule is CCc1nnc2c(=O)n(CC(=O)NCc3ccc(F)cc3)c3cccnc3n12. The number of pyridine rings is 1. The second-order valence-electron chi connectivity index (χ2n) is 6.27. The Morgan fingerprint density at radius 2 is 1.93 bits per heavy atom. The van der Waals surface area contributed by atoms with Crippen molar-refractivity contribution in [1.82, 2.24) is 29.5 Å². The van der Waals surface area contributed by atoms with Crippen molar-refractivity contribution in [1.29, 1.82) is 0 Å². The lowest BCUT2D eigenvalue weighted by Crippen LogP contribution is -2.33. The van der Waals surface area contributed by atoms with Crippen LogP contribution < -0.4 is 10.9 Å². The summed E-state index contributed by atoms with van der Waals surface area (Å²) in [5, 5.41) is 10.8. The Hall–Kier alpha value is -3.62. The fraction of sp³-hybridized carbons (Fsp3) is 0.211. The van der Waals surface area contributed by atoms with Crippen molar-refractivity contribution in [3.8, 4) is 0 Å². The average molecular weight is 380 g/mol. The number of hydrogen-bond acceptors (Lipinski definition) is 5. The zero-order chi connectivity index (χ0) is 19.7. The van der Waals surface area contributed by atoms with Crippen molar-refractivity contribution < 1.29 is 9.18 Å². The predicted octanol–water partition coefficient (Wildman–Crippen LogP) is 1.46. The third-order valence-electron chi connectivity index (χ3n) is 4.46. The standard InChI is InChI=1S/C19H17FN6O2/c1-2-15-23-24-18-19(28)25(14-4-3-9-21-17(14)26(15)18)11-16(27)22-10-12-5-7-13(20)8-6-12/h3-9H,2,10-11H2,1H3,(H,22,27). The molecule has 0 radical (unpaired) electrons. The van der Waals surface area contributed by atoms with Crippen LogP contribution in [0.1, 0.15) is 18.3 Å². The number of hydrogen-bond donors (Lipinski definition) is 1. The Morgan fingerprint density at radius 3 is 2.68 bits per heavy atom. The minimum atomic E-state index is -0.412. The lowest BCUT2D eigenvalue weighted by atomic mass is 10.2. The van der Waals surface area contributed by atoms with Gasteiger partial charge < -0.3 is 5.32 Å². The van der Waals surface area contributed by atoms with E-state index in [4.69, 9.17) is 0 Å². The van der Waals surface area contributed by atoms with Gasteiger partial charge in [0.05, 0.1) is 5.52 Å². The van der Waals surface area contributed by atoms with Gasteiger partial charge in [0.15, 0.2) is 5.65 Å². The Balaban J connectivity index is 1.68. The molecule has 8 nitrogen and oxygen atoms in total. The molecular formula is C19H17FN6O2. The van der Waals surface area contributed by atoms with Gasteiger partial charge in [-0.05, 0) is 29.8 Å². The first-order valence-electron chi connectivity index (χ1n) is 8.81. The molecule has 0 aliphatic rings.